The van der Waals surface area contributed by atoms with E-state index in [4.69, 9.17) is 4.74 Å². The van der Waals surface area contributed by atoms with Gasteiger partial charge in [0.15, 0.2) is 0 Å². The van der Waals surface area contributed by atoms with Crippen LogP contribution in [0.15, 0.2) is 53.7 Å². The summed E-state index contributed by atoms with van der Waals surface area (Å²) >= 11 is 0. The zero-order valence-electron chi connectivity index (χ0n) is 16.0. The normalized spacial score (nSPS) is 17.9. The van der Waals surface area contributed by atoms with Crippen molar-refractivity contribution in [1.82, 2.24) is 29.5 Å². The Morgan fingerprint density at radius 1 is 1.21 bits per heavy atom. The van der Waals surface area contributed by atoms with Crippen molar-refractivity contribution >= 4 is 10.0 Å². The Bertz CT molecular complexity index is 1050. The van der Waals surface area contributed by atoms with Crippen LogP contribution in [0, 0.1) is 5.92 Å². The lowest BCUT2D eigenvalue weighted by atomic mass is 10.00. The number of benzene rings is 1. The van der Waals surface area contributed by atoms with Gasteiger partial charge in [-0.25, -0.2) is 8.42 Å². The maximum absolute atomic E-state index is 13.0. The summed E-state index contributed by atoms with van der Waals surface area (Å²) in [6.07, 6.45) is 5.08. The average molecular weight is 414 g/mol. The van der Waals surface area contributed by atoms with Crippen molar-refractivity contribution in [3.8, 4) is 17.1 Å². The molecule has 0 saturated carbocycles. The molecule has 0 aliphatic carbocycles. The van der Waals surface area contributed by atoms with Gasteiger partial charge in [-0.2, -0.15) is 9.10 Å². The summed E-state index contributed by atoms with van der Waals surface area (Å²) in [6.45, 7) is 1.45. The number of hydrogen-bond acceptors (Lipinski definition) is 7. The van der Waals surface area contributed by atoms with E-state index in [1.807, 2.05) is 12.1 Å². The van der Waals surface area contributed by atoms with Crippen molar-refractivity contribution in [2.45, 2.75) is 24.3 Å². The lowest BCUT2D eigenvalue weighted by Gasteiger charge is -2.31. The first-order valence-corrected chi connectivity index (χ1v) is 10.8. The molecular weight excluding hydrogens is 392 g/mol. The van der Waals surface area contributed by atoms with Gasteiger partial charge in [0, 0.05) is 31.0 Å². The molecule has 0 bridgehead atoms. The van der Waals surface area contributed by atoms with Crippen LogP contribution in [0.4, 0.5) is 0 Å². The van der Waals surface area contributed by atoms with E-state index in [9.17, 15) is 8.42 Å². The summed E-state index contributed by atoms with van der Waals surface area (Å²) in [5, 5.41) is 12.6. The van der Waals surface area contributed by atoms with Gasteiger partial charge in [-0.05, 0) is 60.4 Å². The number of hydrogen-bond donors (Lipinski definition) is 0. The number of ether oxygens (including phenoxy) is 1. The molecule has 3 aromatic rings. The predicted octanol–water partition coefficient (Wildman–Crippen LogP) is 1.84. The molecule has 0 unspecified atom stereocenters. The van der Waals surface area contributed by atoms with Gasteiger partial charge in [0.05, 0.1) is 18.6 Å². The van der Waals surface area contributed by atoms with Gasteiger partial charge in [-0.1, -0.05) is 0 Å². The topological polar surface area (TPSA) is 103 Å². The molecule has 0 amide bonds. The molecule has 1 aromatic carbocycles. The molecule has 1 atom stereocenters. The number of pyridine rings is 1. The fourth-order valence-electron chi connectivity index (χ4n) is 3.45. The standard InChI is InChI=1S/C19H22N6O3S/c1-28-17-6-8-18(9-7-17)29(26,27)24-11-3-4-15(13-24)14-25-22-19(21-23-25)16-5-2-10-20-12-16/h2,5-10,12,15H,3-4,11,13-14H2,1H3/t15-/m1/s1. The second-order valence-electron chi connectivity index (χ2n) is 6.96. The highest BCUT2D eigenvalue weighted by Gasteiger charge is 2.30. The molecule has 0 spiro atoms. The number of tetrazole rings is 1. The Labute approximate surface area is 169 Å². The lowest BCUT2D eigenvalue weighted by Crippen LogP contribution is -2.41. The summed E-state index contributed by atoms with van der Waals surface area (Å²) in [5.41, 5.74) is 0.797. The maximum atomic E-state index is 13.0. The van der Waals surface area contributed by atoms with Crippen molar-refractivity contribution in [2.75, 3.05) is 20.2 Å². The Morgan fingerprint density at radius 3 is 2.76 bits per heavy atom. The fraction of sp³-hybridized carbons (Fsp3) is 0.368. The molecule has 1 aliphatic heterocycles. The Hall–Kier alpha value is -2.85. The van der Waals surface area contributed by atoms with Crippen LogP contribution in [0.2, 0.25) is 0 Å². The zero-order valence-corrected chi connectivity index (χ0v) is 16.9. The molecule has 1 aliphatic rings. The molecule has 1 fully saturated rings. The Balaban J connectivity index is 1.45. The van der Waals surface area contributed by atoms with Crippen molar-refractivity contribution in [1.29, 1.82) is 0 Å². The van der Waals surface area contributed by atoms with Crippen LogP contribution in [0.3, 0.4) is 0 Å². The molecule has 0 N–H and O–H groups in total. The highest BCUT2D eigenvalue weighted by molar-refractivity contribution is 7.89. The summed E-state index contributed by atoms with van der Waals surface area (Å²) in [6, 6.07) is 10.2. The molecular formula is C19H22N6O3S. The summed E-state index contributed by atoms with van der Waals surface area (Å²) < 4.78 is 32.7. The lowest BCUT2D eigenvalue weighted by molar-refractivity contribution is 0.231. The number of nitrogens with zero attached hydrogens (tertiary/aromatic N) is 6. The number of piperidine rings is 1. The molecule has 152 valence electrons. The van der Waals surface area contributed by atoms with Crippen molar-refractivity contribution in [3.63, 3.8) is 0 Å². The highest BCUT2D eigenvalue weighted by atomic mass is 32.2. The summed E-state index contributed by atoms with van der Waals surface area (Å²) in [7, 11) is -1.99. The first-order valence-electron chi connectivity index (χ1n) is 9.38. The first kappa shape index (κ1) is 19.5. The third kappa shape index (κ3) is 4.28. The van der Waals surface area contributed by atoms with Gasteiger partial charge in [0.2, 0.25) is 15.8 Å². The quantitative estimate of drug-likeness (QED) is 0.606. The highest BCUT2D eigenvalue weighted by Crippen LogP contribution is 2.26. The van der Waals surface area contributed by atoms with Crippen LogP contribution in [0.1, 0.15) is 12.8 Å². The van der Waals surface area contributed by atoms with E-state index in [1.165, 1.54) is 4.80 Å². The second-order valence-corrected chi connectivity index (χ2v) is 8.89. The molecule has 10 heteroatoms. The van der Waals surface area contributed by atoms with E-state index in [-0.39, 0.29) is 10.8 Å². The molecule has 3 heterocycles. The molecule has 0 radical (unpaired) electrons. The van der Waals surface area contributed by atoms with Crippen LogP contribution < -0.4 is 4.74 Å². The minimum Gasteiger partial charge on any atom is -0.497 e. The van der Waals surface area contributed by atoms with Gasteiger partial charge >= 0.3 is 0 Å². The van der Waals surface area contributed by atoms with E-state index < -0.39 is 10.0 Å². The third-order valence-electron chi connectivity index (χ3n) is 4.97. The van der Waals surface area contributed by atoms with E-state index >= 15 is 0 Å². The van der Waals surface area contributed by atoms with E-state index in [0.29, 0.717) is 31.2 Å². The number of methoxy groups -OCH3 is 1. The van der Waals surface area contributed by atoms with Gasteiger partial charge in [0.1, 0.15) is 5.75 Å². The Kier molecular flexibility index (Phi) is 5.54. The van der Waals surface area contributed by atoms with Crippen molar-refractivity contribution in [2.24, 2.45) is 5.92 Å². The van der Waals surface area contributed by atoms with Gasteiger partial charge in [0.25, 0.3) is 0 Å². The monoisotopic (exact) mass is 414 g/mol. The van der Waals surface area contributed by atoms with Crippen LogP contribution in [-0.4, -0.2) is 58.1 Å². The minimum absolute atomic E-state index is 0.118. The first-order chi connectivity index (χ1) is 14.1. The van der Waals surface area contributed by atoms with Crippen molar-refractivity contribution in [3.05, 3.63) is 48.8 Å². The van der Waals surface area contributed by atoms with Crippen LogP contribution in [-0.2, 0) is 16.6 Å². The van der Waals surface area contributed by atoms with Gasteiger partial charge < -0.3 is 4.74 Å². The molecule has 9 nitrogen and oxygen atoms in total. The number of aromatic nitrogens is 5. The molecule has 29 heavy (non-hydrogen) atoms. The fourth-order valence-corrected chi connectivity index (χ4v) is 5.01. The minimum atomic E-state index is -3.55. The Morgan fingerprint density at radius 2 is 2.03 bits per heavy atom. The van der Waals surface area contributed by atoms with Crippen LogP contribution in [0.5, 0.6) is 5.75 Å². The van der Waals surface area contributed by atoms with E-state index in [1.54, 1.807) is 48.1 Å². The smallest absolute Gasteiger partial charge is 0.243 e. The van der Waals surface area contributed by atoms with Crippen LogP contribution in [0.25, 0.3) is 11.4 Å². The molecule has 2 aromatic heterocycles. The zero-order chi connectivity index (χ0) is 20.3. The molecule has 4 rings (SSSR count). The predicted molar refractivity (Wildman–Crippen MR) is 106 cm³/mol. The summed E-state index contributed by atoms with van der Waals surface area (Å²) in [4.78, 5) is 5.88. The summed E-state index contributed by atoms with van der Waals surface area (Å²) in [5.74, 6) is 1.26. The third-order valence-corrected chi connectivity index (χ3v) is 6.85. The van der Waals surface area contributed by atoms with Gasteiger partial charge in [-0.15, -0.1) is 10.2 Å². The SMILES string of the molecule is COc1ccc(S(=O)(=O)N2CCC[C@@H](Cn3nnc(-c4cccnc4)n3)C2)cc1. The van der Waals surface area contributed by atoms with Crippen LogP contribution >= 0.6 is 0 Å². The van der Waals surface area contributed by atoms with E-state index in [0.717, 1.165) is 18.4 Å². The number of sulfonamides is 1. The second kappa shape index (κ2) is 8.26. The van der Waals surface area contributed by atoms with Gasteiger partial charge in [-0.3, -0.25) is 4.98 Å². The largest absolute Gasteiger partial charge is 0.497 e. The van der Waals surface area contributed by atoms with E-state index in [2.05, 4.69) is 20.4 Å². The van der Waals surface area contributed by atoms with Crippen molar-refractivity contribution < 1.29 is 13.2 Å². The average Bonchev–Trinajstić information content (AvgIpc) is 3.23. The maximum Gasteiger partial charge on any atom is 0.243 e. The number of rotatable bonds is 6. The molecule has 1 saturated heterocycles.